The summed E-state index contributed by atoms with van der Waals surface area (Å²) in [5, 5.41) is 0. The van der Waals surface area contributed by atoms with Gasteiger partial charge in [0.25, 0.3) is 5.56 Å². The fourth-order valence-electron chi connectivity index (χ4n) is 1.46. The standard InChI is InChI=1S/C10H13BrN2O/c1-2-13-6-12-8(5-7-3-4-7)9(11)10(13)14/h6-7H,2-5H2,1H3. The maximum Gasteiger partial charge on any atom is 0.267 e. The monoisotopic (exact) mass is 256 g/mol. The van der Waals surface area contributed by atoms with Crippen LogP contribution in [0.25, 0.3) is 0 Å². The molecule has 1 aliphatic rings. The lowest BCUT2D eigenvalue weighted by Crippen LogP contribution is -2.22. The SMILES string of the molecule is CCn1cnc(CC2CC2)c(Br)c1=O. The molecule has 2 rings (SSSR count). The first-order valence-corrected chi connectivity index (χ1v) is 5.75. The van der Waals surface area contributed by atoms with Crippen molar-refractivity contribution in [3.8, 4) is 0 Å². The molecule has 1 heterocycles. The van der Waals surface area contributed by atoms with E-state index in [2.05, 4.69) is 20.9 Å². The van der Waals surface area contributed by atoms with Crippen molar-refractivity contribution >= 4 is 15.9 Å². The largest absolute Gasteiger partial charge is 0.299 e. The molecule has 76 valence electrons. The molecule has 0 radical (unpaired) electrons. The van der Waals surface area contributed by atoms with E-state index < -0.39 is 0 Å². The molecule has 1 aliphatic carbocycles. The van der Waals surface area contributed by atoms with E-state index in [4.69, 9.17) is 0 Å². The van der Waals surface area contributed by atoms with Gasteiger partial charge < -0.3 is 0 Å². The van der Waals surface area contributed by atoms with Gasteiger partial charge in [0.2, 0.25) is 0 Å². The highest BCUT2D eigenvalue weighted by molar-refractivity contribution is 9.10. The highest BCUT2D eigenvalue weighted by atomic mass is 79.9. The van der Waals surface area contributed by atoms with Gasteiger partial charge in [-0.2, -0.15) is 0 Å². The first-order valence-electron chi connectivity index (χ1n) is 4.96. The molecule has 0 spiro atoms. The van der Waals surface area contributed by atoms with Gasteiger partial charge >= 0.3 is 0 Å². The van der Waals surface area contributed by atoms with Crippen LogP contribution in [0.3, 0.4) is 0 Å². The van der Waals surface area contributed by atoms with Crippen LogP contribution in [0.15, 0.2) is 15.6 Å². The fraction of sp³-hybridized carbons (Fsp3) is 0.600. The second-order valence-corrected chi connectivity index (χ2v) is 4.54. The summed E-state index contributed by atoms with van der Waals surface area (Å²) in [7, 11) is 0. The number of rotatable bonds is 3. The third-order valence-corrected chi connectivity index (χ3v) is 3.37. The number of aromatic nitrogens is 2. The number of aryl methyl sites for hydroxylation is 1. The van der Waals surface area contributed by atoms with Crippen LogP contribution in [-0.2, 0) is 13.0 Å². The predicted octanol–water partition coefficient (Wildman–Crippen LogP) is 1.98. The molecule has 0 N–H and O–H groups in total. The molecule has 0 unspecified atom stereocenters. The third kappa shape index (κ3) is 1.90. The second kappa shape index (κ2) is 3.85. The summed E-state index contributed by atoms with van der Waals surface area (Å²) in [6, 6.07) is 0. The molecule has 14 heavy (non-hydrogen) atoms. The number of halogens is 1. The molecule has 0 aliphatic heterocycles. The average Bonchev–Trinajstić information content (AvgIpc) is 2.97. The molecule has 0 atom stereocenters. The van der Waals surface area contributed by atoms with Crippen LogP contribution in [-0.4, -0.2) is 9.55 Å². The van der Waals surface area contributed by atoms with E-state index in [1.54, 1.807) is 10.9 Å². The Bertz CT molecular complexity index is 396. The van der Waals surface area contributed by atoms with Gasteiger partial charge in [-0.1, -0.05) is 0 Å². The highest BCUT2D eigenvalue weighted by Gasteiger charge is 2.23. The van der Waals surface area contributed by atoms with Crippen LogP contribution in [0.5, 0.6) is 0 Å². The summed E-state index contributed by atoms with van der Waals surface area (Å²) < 4.78 is 2.26. The molecular formula is C10H13BrN2O. The average molecular weight is 257 g/mol. The van der Waals surface area contributed by atoms with Gasteiger partial charge in [-0.25, -0.2) is 4.98 Å². The Kier molecular flexibility index (Phi) is 2.72. The first-order chi connectivity index (χ1) is 6.72. The zero-order valence-electron chi connectivity index (χ0n) is 8.16. The van der Waals surface area contributed by atoms with Crippen molar-refractivity contribution in [1.82, 2.24) is 9.55 Å². The van der Waals surface area contributed by atoms with Crippen molar-refractivity contribution in [2.75, 3.05) is 0 Å². The molecule has 0 aromatic carbocycles. The Morgan fingerprint density at radius 3 is 2.93 bits per heavy atom. The van der Waals surface area contributed by atoms with E-state index in [1.165, 1.54) is 12.8 Å². The van der Waals surface area contributed by atoms with Crippen molar-refractivity contribution in [2.24, 2.45) is 5.92 Å². The molecule has 1 fully saturated rings. The summed E-state index contributed by atoms with van der Waals surface area (Å²) in [6.07, 6.45) is 5.15. The molecule has 0 bridgehead atoms. The zero-order chi connectivity index (χ0) is 10.1. The van der Waals surface area contributed by atoms with Crippen LogP contribution in [0.1, 0.15) is 25.5 Å². The van der Waals surface area contributed by atoms with Crippen LogP contribution in [0.4, 0.5) is 0 Å². The molecule has 3 nitrogen and oxygen atoms in total. The quantitative estimate of drug-likeness (QED) is 0.829. The Morgan fingerprint density at radius 2 is 2.36 bits per heavy atom. The minimum absolute atomic E-state index is 0.0400. The van der Waals surface area contributed by atoms with Gasteiger partial charge in [0.05, 0.1) is 12.0 Å². The lowest BCUT2D eigenvalue weighted by molar-refractivity contribution is 0.680. The minimum atomic E-state index is 0.0400. The molecule has 1 saturated carbocycles. The summed E-state index contributed by atoms with van der Waals surface area (Å²) in [5.74, 6) is 0.760. The Hall–Kier alpha value is -0.640. The number of nitrogens with zero attached hydrogens (tertiary/aromatic N) is 2. The summed E-state index contributed by atoms with van der Waals surface area (Å²) in [5.41, 5.74) is 0.959. The third-order valence-electron chi connectivity index (χ3n) is 2.57. The van der Waals surface area contributed by atoms with E-state index in [1.807, 2.05) is 6.92 Å². The zero-order valence-corrected chi connectivity index (χ0v) is 9.75. The van der Waals surface area contributed by atoms with Gasteiger partial charge in [-0.3, -0.25) is 9.36 Å². The predicted molar refractivity (Wildman–Crippen MR) is 58.3 cm³/mol. The van der Waals surface area contributed by atoms with E-state index in [0.29, 0.717) is 11.0 Å². The highest BCUT2D eigenvalue weighted by Crippen LogP contribution is 2.33. The topological polar surface area (TPSA) is 34.9 Å². The van der Waals surface area contributed by atoms with Gasteiger partial charge in [0, 0.05) is 6.54 Å². The molecule has 0 saturated heterocycles. The van der Waals surface area contributed by atoms with E-state index in [-0.39, 0.29) is 5.56 Å². The molecule has 4 heteroatoms. The molecule has 0 amide bonds. The summed E-state index contributed by atoms with van der Waals surface area (Å²) in [4.78, 5) is 16.0. The van der Waals surface area contributed by atoms with E-state index in [9.17, 15) is 4.79 Å². The summed E-state index contributed by atoms with van der Waals surface area (Å²) >= 11 is 3.33. The van der Waals surface area contributed by atoms with Crippen molar-refractivity contribution in [3.63, 3.8) is 0 Å². The maximum absolute atomic E-state index is 11.7. The molecular weight excluding hydrogens is 244 g/mol. The minimum Gasteiger partial charge on any atom is -0.299 e. The molecule has 1 aromatic rings. The fourth-order valence-corrected chi connectivity index (χ4v) is 1.95. The van der Waals surface area contributed by atoms with Crippen LogP contribution in [0, 0.1) is 5.92 Å². The van der Waals surface area contributed by atoms with Crippen molar-refractivity contribution in [1.29, 1.82) is 0 Å². The van der Waals surface area contributed by atoms with E-state index in [0.717, 1.165) is 18.0 Å². The lowest BCUT2D eigenvalue weighted by Gasteiger charge is -2.05. The van der Waals surface area contributed by atoms with Crippen LogP contribution < -0.4 is 5.56 Å². The summed E-state index contributed by atoms with van der Waals surface area (Å²) in [6.45, 7) is 2.62. The van der Waals surface area contributed by atoms with Gasteiger partial charge in [-0.05, 0) is 48.0 Å². The Balaban J connectivity index is 2.32. The second-order valence-electron chi connectivity index (χ2n) is 3.74. The Morgan fingerprint density at radius 1 is 1.64 bits per heavy atom. The van der Waals surface area contributed by atoms with Crippen LogP contribution in [0.2, 0.25) is 0 Å². The van der Waals surface area contributed by atoms with Gasteiger partial charge in [-0.15, -0.1) is 0 Å². The number of hydrogen-bond acceptors (Lipinski definition) is 2. The van der Waals surface area contributed by atoms with Crippen molar-refractivity contribution < 1.29 is 0 Å². The smallest absolute Gasteiger partial charge is 0.267 e. The number of hydrogen-bond donors (Lipinski definition) is 0. The van der Waals surface area contributed by atoms with Crippen molar-refractivity contribution in [3.05, 3.63) is 26.8 Å². The van der Waals surface area contributed by atoms with Gasteiger partial charge in [0.1, 0.15) is 4.47 Å². The maximum atomic E-state index is 11.7. The van der Waals surface area contributed by atoms with Crippen molar-refractivity contribution in [2.45, 2.75) is 32.7 Å². The Labute approximate surface area is 91.3 Å². The normalized spacial score (nSPS) is 15.9. The molecule has 1 aromatic heterocycles. The first kappa shape index (κ1) is 9.90. The lowest BCUT2D eigenvalue weighted by atomic mass is 10.2. The van der Waals surface area contributed by atoms with E-state index >= 15 is 0 Å². The van der Waals surface area contributed by atoms with Crippen LogP contribution >= 0.6 is 15.9 Å². The van der Waals surface area contributed by atoms with Gasteiger partial charge in [0.15, 0.2) is 0 Å².